The van der Waals surface area contributed by atoms with Crippen LogP contribution in [0.25, 0.3) is 0 Å². The maximum Gasteiger partial charge on any atom is 0.229 e. The Morgan fingerprint density at radius 1 is 0.913 bits per heavy atom. The highest BCUT2D eigenvalue weighted by Gasteiger charge is 2.17. The summed E-state index contributed by atoms with van der Waals surface area (Å²) in [5.41, 5.74) is 3.80. The van der Waals surface area contributed by atoms with E-state index in [0.29, 0.717) is 9.92 Å². The highest BCUT2D eigenvalue weighted by molar-refractivity contribution is 8.15. The van der Waals surface area contributed by atoms with Crippen molar-refractivity contribution in [2.75, 3.05) is 5.43 Å². The summed E-state index contributed by atoms with van der Waals surface area (Å²) < 4.78 is 0. The first-order chi connectivity index (χ1) is 11.3. The van der Waals surface area contributed by atoms with Crippen LogP contribution < -0.4 is 5.43 Å². The number of rotatable bonds is 5. The lowest BCUT2D eigenvalue weighted by molar-refractivity contribution is 0.107. The number of hydrogen-bond donors (Lipinski definition) is 1. The smallest absolute Gasteiger partial charge is 0.229 e. The summed E-state index contributed by atoms with van der Waals surface area (Å²) in [6.07, 6.45) is 0. The quantitative estimate of drug-likeness (QED) is 0.230. The van der Waals surface area contributed by atoms with Gasteiger partial charge in [0.25, 0.3) is 0 Å². The predicted octanol–water partition coefficient (Wildman–Crippen LogP) is 5.15. The zero-order valence-electron chi connectivity index (χ0n) is 12.2. The van der Waals surface area contributed by atoms with E-state index in [1.54, 1.807) is 0 Å². The van der Waals surface area contributed by atoms with Crippen molar-refractivity contribution >= 4 is 39.6 Å². The molecule has 0 atom stereocenters. The molecule has 0 aliphatic heterocycles. The number of nitrogens with zero attached hydrogens (tertiary/aromatic N) is 1. The third-order valence-electron chi connectivity index (χ3n) is 2.96. The molecule has 0 amide bonds. The molecule has 0 saturated carbocycles. The Morgan fingerprint density at radius 2 is 1.61 bits per heavy atom. The number of ketones is 1. The van der Waals surface area contributed by atoms with Crippen molar-refractivity contribution in [1.29, 1.82) is 0 Å². The molecule has 0 aliphatic carbocycles. The van der Waals surface area contributed by atoms with Crippen molar-refractivity contribution < 1.29 is 4.79 Å². The van der Waals surface area contributed by atoms with E-state index in [-0.39, 0.29) is 5.78 Å². The molecule has 0 bridgehead atoms. The van der Waals surface area contributed by atoms with Crippen LogP contribution in [-0.4, -0.2) is 10.8 Å². The first-order valence-corrected chi connectivity index (χ1v) is 8.72. The SMILES string of the molecule is O=C(/C(=N\Nc1ccccc1)Sc1ccccc1)c1cccs1. The number of benzene rings is 2. The van der Waals surface area contributed by atoms with Crippen molar-refractivity contribution in [2.45, 2.75) is 4.90 Å². The molecule has 5 heteroatoms. The van der Waals surface area contributed by atoms with Gasteiger partial charge in [0.1, 0.15) is 0 Å². The zero-order valence-corrected chi connectivity index (χ0v) is 13.8. The number of hydrogen-bond acceptors (Lipinski definition) is 5. The van der Waals surface area contributed by atoms with Gasteiger partial charge in [-0.1, -0.05) is 54.2 Å². The molecule has 1 heterocycles. The number of nitrogens with one attached hydrogen (secondary N) is 1. The minimum absolute atomic E-state index is 0.0720. The van der Waals surface area contributed by atoms with Crippen LogP contribution in [0.5, 0.6) is 0 Å². The Morgan fingerprint density at radius 3 is 2.26 bits per heavy atom. The van der Waals surface area contributed by atoms with Crippen LogP contribution in [0, 0.1) is 0 Å². The molecule has 23 heavy (non-hydrogen) atoms. The van der Waals surface area contributed by atoms with Crippen LogP contribution in [0.4, 0.5) is 5.69 Å². The number of para-hydroxylation sites is 1. The van der Waals surface area contributed by atoms with Crippen LogP contribution >= 0.6 is 23.1 Å². The number of Topliss-reactive ketones (excluding diaryl/α,β-unsaturated/α-hetero) is 1. The lowest BCUT2D eigenvalue weighted by Crippen LogP contribution is -2.11. The fourth-order valence-corrected chi connectivity index (χ4v) is 3.40. The largest absolute Gasteiger partial charge is 0.285 e. The first kappa shape index (κ1) is 15.5. The van der Waals surface area contributed by atoms with Crippen molar-refractivity contribution in [2.24, 2.45) is 5.10 Å². The number of carbonyl (C=O) groups excluding carboxylic acids is 1. The molecule has 1 aromatic heterocycles. The van der Waals surface area contributed by atoms with E-state index in [1.165, 1.54) is 23.1 Å². The summed E-state index contributed by atoms with van der Waals surface area (Å²) in [4.78, 5) is 14.3. The van der Waals surface area contributed by atoms with E-state index in [0.717, 1.165) is 10.6 Å². The first-order valence-electron chi connectivity index (χ1n) is 7.03. The van der Waals surface area contributed by atoms with Crippen LogP contribution in [0.3, 0.4) is 0 Å². The normalized spacial score (nSPS) is 11.2. The molecule has 3 nitrogen and oxygen atoms in total. The third kappa shape index (κ3) is 4.31. The average Bonchev–Trinajstić information content (AvgIpc) is 3.14. The fourth-order valence-electron chi connectivity index (χ4n) is 1.86. The second-order valence-electron chi connectivity index (χ2n) is 4.62. The van der Waals surface area contributed by atoms with Gasteiger partial charge in [0, 0.05) is 4.90 Å². The Bertz CT molecular complexity index is 784. The van der Waals surface area contributed by atoms with Gasteiger partial charge in [-0.25, -0.2) is 0 Å². The number of hydrazone groups is 1. The molecule has 2 aromatic carbocycles. The Hall–Kier alpha value is -2.37. The summed E-state index contributed by atoms with van der Waals surface area (Å²) in [5.74, 6) is -0.0720. The molecule has 0 fully saturated rings. The number of thioether (sulfide) groups is 1. The van der Waals surface area contributed by atoms with Gasteiger partial charge in [0.05, 0.1) is 10.6 Å². The second kappa shape index (κ2) is 7.76. The Labute approximate surface area is 143 Å². The van der Waals surface area contributed by atoms with Gasteiger partial charge in [-0.05, 0) is 35.7 Å². The summed E-state index contributed by atoms with van der Waals surface area (Å²) in [6.45, 7) is 0. The van der Waals surface area contributed by atoms with Crippen LogP contribution in [0.15, 0.2) is 88.2 Å². The van der Waals surface area contributed by atoms with Crippen molar-refractivity contribution in [3.63, 3.8) is 0 Å². The second-order valence-corrected chi connectivity index (χ2v) is 6.63. The average molecular weight is 338 g/mol. The highest BCUT2D eigenvalue weighted by Crippen LogP contribution is 2.23. The minimum Gasteiger partial charge on any atom is -0.285 e. The third-order valence-corrected chi connectivity index (χ3v) is 4.80. The van der Waals surface area contributed by atoms with E-state index in [9.17, 15) is 4.79 Å². The predicted molar refractivity (Wildman–Crippen MR) is 98.4 cm³/mol. The molecule has 0 unspecified atom stereocenters. The summed E-state index contributed by atoms with van der Waals surface area (Å²) in [5, 5.41) is 6.64. The molecular weight excluding hydrogens is 324 g/mol. The van der Waals surface area contributed by atoms with Gasteiger partial charge in [-0.2, -0.15) is 5.10 Å². The maximum atomic E-state index is 12.7. The zero-order chi connectivity index (χ0) is 15.9. The van der Waals surface area contributed by atoms with Crippen molar-refractivity contribution in [1.82, 2.24) is 0 Å². The van der Waals surface area contributed by atoms with E-state index in [2.05, 4.69) is 10.5 Å². The molecule has 0 aliphatic rings. The molecule has 1 N–H and O–H groups in total. The molecule has 0 saturated heterocycles. The lowest BCUT2D eigenvalue weighted by atomic mass is 10.3. The van der Waals surface area contributed by atoms with Gasteiger partial charge in [0.15, 0.2) is 5.04 Å². The van der Waals surface area contributed by atoms with Crippen molar-refractivity contribution in [3.05, 3.63) is 83.1 Å². The molecular formula is C18H14N2OS2. The van der Waals surface area contributed by atoms with E-state index < -0.39 is 0 Å². The standard InChI is InChI=1S/C18H14N2OS2/c21-17(16-12-7-13-22-16)18(23-15-10-5-2-6-11-15)20-19-14-8-3-1-4-9-14/h1-13,19H/b20-18+. The molecule has 3 aromatic rings. The monoisotopic (exact) mass is 338 g/mol. The Balaban J connectivity index is 1.85. The van der Waals surface area contributed by atoms with Crippen LogP contribution in [-0.2, 0) is 0 Å². The minimum atomic E-state index is -0.0720. The molecule has 0 radical (unpaired) electrons. The fraction of sp³-hybridized carbons (Fsp3) is 0. The molecule has 3 rings (SSSR count). The van der Waals surface area contributed by atoms with Crippen LogP contribution in [0.1, 0.15) is 9.67 Å². The topological polar surface area (TPSA) is 41.5 Å². The number of thiophene rings is 1. The van der Waals surface area contributed by atoms with Gasteiger partial charge >= 0.3 is 0 Å². The highest BCUT2D eigenvalue weighted by atomic mass is 32.2. The van der Waals surface area contributed by atoms with Gasteiger partial charge in [-0.15, -0.1) is 11.3 Å². The van der Waals surface area contributed by atoms with E-state index in [4.69, 9.17) is 0 Å². The lowest BCUT2D eigenvalue weighted by Gasteiger charge is -2.06. The molecule has 0 spiro atoms. The molecule has 114 valence electrons. The van der Waals surface area contributed by atoms with Gasteiger partial charge in [0.2, 0.25) is 5.78 Å². The number of anilines is 1. The summed E-state index contributed by atoms with van der Waals surface area (Å²) in [6, 6.07) is 23.0. The van der Waals surface area contributed by atoms with Gasteiger partial charge in [-0.3, -0.25) is 10.2 Å². The summed E-state index contributed by atoms with van der Waals surface area (Å²) >= 11 is 2.78. The maximum absolute atomic E-state index is 12.7. The van der Waals surface area contributed by atoms with Gasteiger partial charge < -0.3 is 0 Å². The van der Waals surface area contributed by atoms with Crippen molar-refractivity contribution in [3.8, 4) is 0 Å². The van der Waals surface area contributed by atoms with E-state index in [1.807, 2.05) is 78.2 Å². The van der Waals surface area contributed by atoms with Crippen LogP contribution in [0.2, 0.25) is 0 Å². The van der Waals surface area contributed by atoms with E-state index >= 15 is 0 Å². The Kier molecular flexibility index (Phi) is 5.24. The number of carbonyl (C=O) groups is 1. The summed E-state index contributed by atoms with van der Waals surface area (Å²) in [7, 11) is 0.